The molecule has 810 valence electrons. The standard InChI is InChI=1S/C14H20O4.C12H18O6.C12H10O4.C12H18O4.C10H14O5.2C10H14O4.C8H19N.C6H15N.C4H11NO.C4H11N.C2H7NO/c1-3-13(15)17-9-11-5-7-12(8-6-11)10-18-14(16)4-2;1-3-11(13)17-9-7-15-5-6-16-8-10-18-12(14)4-2;1-3-11(13)15-9-6-5-7-10(8-9)16-12(14)4-2;1-3-11(13)15-9-7-5-6-8-10-16-12(14)4-2;1-3-9(11)14-7-5-13-6-8-15-10(12)4-2;1-4-9(11)13-7-6-8(3)14-10(12)5-2;1-3-9(11)13-7-5-6-8-14-10(12)4-2;1-3-5-6-8(4-2)7-9;1-2-3-4-5-6-7;5-3-1-2-4-6;1-2-3-4-5;3-1-2-4/h3-4,11-12H,1-2,5-10H2;3-4H,1-2,5-10H2;3-8H,1-2H2;3-4H,1-2,5-10H2;3-4H,1-2,5-8H2;4-5,8H,1-2,6-7H2,3H3;3-4H,1-2,5-8H2;8H,3-7,9H2,1-2H3;2-7H2,1H3;6H,1-5H2;2-5H2,1H3;4H,1-3H2. The molecule has 2 rings (SSSR count). The summed E-state index contributed by atoms with van der Waals surface area (Å²) in [5, 5.41) is 15.9. The Hall–Kier alpha value is -12.2. The summed E-state index contributed by atoms with van der Waals surface area (Å²) in [5.41, 5.74) is 25.8. The Morgan fingerprint density at radius 1 is 0.303 bits per heavy atom. The van der Waals surface area contributed by atoms with E-state index in [-0.39, 0.29) is 101 Å². The zero-order valence-corrected chi connectivity index (χ0v) is 85.3. The second-order valence-corrected chi connectivity index (χ2v) is 28.2. The van der Waals surface area contributed by atoms with Gasteiger partial charge in [-0.2, -0.15) is 0 Å². The van der Waals surface area contributed by atoms with E-state index in [1.165, 1.54) is 82.4 Å². The molecule has 0 amide bonds. The van der Waals surface area contributed by atoms with Crippen LogP contribution in [-0.2, 0) is 138 Å². The minimum atomic E-state index is -0.577. The first kappa shape index (κ1) is 150. The SMILES string of the molecule is C=CC(=O)OCC1CCC(COC(=O)C=C)CC1.C=CC(=O)OCCC(C)OC(=O)C=C.C=CC(=O)OCCCCCCOC(=O)C=C.C=CC(=O)OCCCCOC(=O)C=C.C=CC(=O)OCCOCCOC(=O)C=C.C=CC(=O)OCCOCCOCCOC(=O)C=C.C=CC(=O)Oc1cccc(OC(=O)C=C)c1.CCCCC(CC)CN.CCCCCCN.CCCCN.NCCCCO.NCCO. The van der Waals surface area contributed by atoms with E-state index in [4.69, 9.17) is 100 Å². The summed E-state index contributed by atoms with van der Waals surface area (Å²) in [6.45, 7) is 65.5. The van der Waals surface area contributed by atoms with E-state index in [0.717, 1.165) is 163 Å². The summed E-state index contributed by atoms with van der Waals surface area (Å²) >= 11 is 0. The van der Waals surface area contributed by atoms with Gasteiger partial charge in [-0.15, -0.1) is 0 Å². The fraction of sp³-hybridized carbons (Fsp3) is 0.538. The highest BCUT2D eigenvalue weighted by atomic mass is 16.6. The lowest BCUT2D eigenvalue weighted by atomic mass is 9.83. The van der Waals surface area contributed by atoms with Crippen LogP contribution in [-0.4, -0.2) is 258 Å². The van der Waals surface area contributed by atoms with Gasteiger partial charge in [0.2, 0.25) is 0 Å². The van der Waals surface area contributed by atoms with Crippen LogP contribution < -0.4 is 38.1 Å². The molecule has 2 atom stereocenters. The predicted octanol–water partition coefficient (Wildman–Crippen LogP) is 12.6. The highest BCUT2D eigenvalue weighted by Crippen LogP contribution is 2.29. The van der Waals surface area contributed by atoms with Crippen molar-refractivity contribution >= 4 is 83.6 Å². The number of carbonyl (C=O) groups excluding carboxylic acids is 14. The molecule has 38 nitrogen and oxygen atoms in total. The van der Waals surface area contributed by atoms with Gasteiger partial charge in [-0.3, -0.25) is 0 Å². The molecule has 1 aliphatic rings. The summed E-state index contributed by atoms with van der Waals surface area (Å²) in [6.07, 6.45) is 39.0. The number of ether oxygens (including phenoxy) is 17. The summed E-state index contributed by atoms with van der Waals surface area (Å²) < 4.78 is 82.2. The number of benzene rings is 1. The Morgan fingerprint density at radius 2 is 0.563 bits per heavy atom. The van der Waals surface area contributed by atoms with E-state index in [0.29, 0.717) is 110 Å². The van der Waals surface area contributed by atoms with Gasteiger partial charge < -0.3 is 119 Å². The summed E-state index contributed by atoms with van der Waals surface area (Å²) in [5.74, 6) is -4.25. The van der Waals surface area contributed by atoms with Gasteiger partial charge >= 0.3 is 83.6 Å². The maximum atomic E-state index is 10.9. The van der Waals surface area contributed by atoms with Gasteiger partial charge in [0, 0.05) is 111 Å². The van der Waals surface area contributed by atoms with Crippen LogP contribution in [0.1, 0.15) is 182 Å². The molecule has 0 bridgehead atoms. The average Bonchev–Trinajstić information content (AvgIpc) is 0.917. The Labute approximate surface area is 843 Å². The molecule has 0 heterocycles. The normalized spacial score (nSPS) is 11.3. The van der Waals surface area contributed by atoms with Crippen LogP contribution in [0.3, 0.4) is 0 Å². The molecule has 0 spiro atoms. The van der Waals surface area contributed by atoms with Crippen LogP contribution in [0.4, 0.5) is 0 Å². The van der Waals surface area contributed by atoms with Crippen molar-refractivity contribution < 1.29 is 158 Å². The first-order chi connectivity index (χ1) is 68.2. The minimum absolute atomic E-state index is 0.0972. The van der Waals surface area contributed by atoms with Gasteiger partial charge in [-0.1, -0.05) is 171 Å². The second kappa shape index (κ2) is 125. The molecule has 12 N–H and O–H groups in total. The molecular formula is C104H171N5O33. The molecule has 0 aromatic heterocycles. The lowest BCUT2D eigenvalue weighted by Gasteiger charge is -2.27. The molecule has 0 radical (unpaired) electrons. The van der Waals surface area contributed by atoms with Gasteiger partial charge in [0.25, 0.3) is 0 Å². The third-order valence-corrected chi connectivity index (χ3v) is 16.6. The smallest absolute Gasteiger partial charge is 0.335 e. The first-order valence-electron chi connectivity index (χ1n) is 47.0. The fourth-order valence-electron chi connectivity index (χ4n) is 8.86. The molecule has 1 saturated carbocycles. The third kappa shape index (κ3) is 132. The first-order valence-corrected chi connectivity index (χ1v) is 47.0. The van der Waals surface area contributed by atoms with E-state index in [2.05, 4.69) is 139 Å². The number of hydrogen-bond donors (Lipinski definition) is 7. The van der Waals surface area contributed by atoms with Crippen molar-refractivity contribution in [3.05, 3.63) is 201 Å². The number of esters is 14. The highest BCUT2D eigenvalue weighted by Gasteiger charge is 2.23. The Balaban J connectivity index is -0.000000171. The van der Waals surface area contributed by atoms with E-state index in [1.54, 1.807) is 25.1 Å². The third-order valence-electron chi connectivity index (χ3n) is 16.6. The van der Waals surface area contributed by atoms with Gasteiger partial charge in [0.05, 0.1) is 92.5 Å². The summed E-state index contributed by atoms with van der Waals surface area (Å²) in [6, 6.07) is 6.14. The van der Waals surface area contributed by atoms with E-state index in [9.17, 15) is 67.1 Å². The summed E-state index contributed by atoms with van der Waals surface area (Å²) in [4.78, 5) is 150. The quantitative estimate of drug-likeness (QED) is 0.0105. The molecule has 0 aliphatic heterocycles. The second-order valence-electron chi connectivity index (χ2n) is 28.2. The number of aliphatic hydroxyl groups excluding tert-OH is 2. The van der Waals surface area contributed by atoms with Crippen molar-refractivity contribution in [1.82, 2.24) is 0 Å². The van der Waals surface area contributed by atoms with Crippen LogP contribution in [0, 0.1) is 17.8 Å². The van der Waals surface area contributed by atoms with Gasteiger partial charge in [0.15, 0.2) is 0 Å². The average molecular weight is 2020 g/mol. The Kier molecular flexibility index (Phi) is 132. The van der Waals surface area contributed by atoms with Crippen LogP contribution in [0.25, 0.3) is 0 Å². The fourth-order valence-corrected chi connectivity index (χ4v) is 8.86. The van der Waals surface area contributed by atoms with E-state index >= 15 is 0 Å². The van der Waals surface area contributed by atoms with Crippen molar-refractivity contribution in [3.8, 4) is 11.5 Å². The molecule has 1 aliphatic carbocycles. The van der Waals surface area contributed by atoms with Crippen molar-refractivity contribution in [2.75, 3.05) is 158 Å². The molecular weight excluding hydrogens is 1850 g/mol. The van der Waals surface area contributed by atoms with E-state index < -0.39 is 59.7 Å². The number of carbonyl (C=O) groups is 14. The summed E-state index contributed by atoms with van der Waals surface area (Å²) in [7, 11) is 0. The Morgan fingerprint density at radius 3 is 0.810 bits per heavy atom. The predicted molar refractivity (Wildman–Crippen MR) is 548 cm³/mol. The van der Waals surface area contributed by atoms with Crippen LogP contribution >= 0.6 is 0 Å². The molecule has 1 aromatic carbocycles. The molecule has 2 unspecified atom stereocenters. The van der Waals surface area contributed by atoms with Gasteiger partial charge in [-0.25, -0.2) is 67.1 Å². The maximum absolute atomic E-state index is 10.9. The zero-order chi connectivity index (χ0) is 110. The van der Waals surface area contributed by atoms with Gasteiger partial charge in [-0.05, 0) is 159 Å². The lowest BCUT2D eigenvalue weighted by molar-refractivity contribution is -0.145. The number of nitrogens with two attached hydrogens (primary N) is 5. The zero-order valence-electron chi connectivity index (χ0n) is 85.3. The number of rotatable bonds is 66. The van der Waals surface area contributed by atoms with Crippen LogP contribution in [0.5, 0.6) is 11.5 Å². The molecule has 1 aromatic rings. The number of aliphatic hydroxyl groups is 2. The van der Waals surface area contributed by atoms with Crippen molar-refractivity contribution in [2.45, 2.75) is 188 Å². The topological polar surface area (TPSA) is 566 Å². The number of unbranched alkanes of at least 4 members (excludes halogenated alkanes) is 10. The largest absolute Gasteiger partial charge is 0.463 e. The van der Waals surface area contributed by atoms with Crippen molar-refractivity contribution in [1.29, 1.82) is 0 Å². The van der Waals surface area contributed by atoms with Crippen LogP contribution in [0.15, 0.2) is 201 Å². The lowest BCUT2D eigenvalue weighted by Crippen LogP contribution is -2.23. The maximum Gasteiger partial charge on any atom is 0.335 e. The number of hydrogen-bond acceptors (Lipinski definition) is 38. The molecule has 38 heteroatoms. The van der Waals surface area contributed by atoms with Gasteiger partial charge in [0.1, 0.15) is 44.0 Å². The van der Waals surface area contributed by atoms with E-state index in [1.807, 2.05) is 0 Å². The molecule has 1 fully saturated rings. The van der Waals surface area contributed by atoms with Crippen molar-refractivity contribution in [2.24, 2.45) is 46.4 Å². The van der Waals surface area contributed by atoms with Crippen molar-refractivity contribution in [3.63, 3.8) is 0 Å². The Bertz CT molecular complexity index is 3340. The minimum Gasteiger partial charge on any atom is -0.463 e. The van der Waals surface area contributed by atoms with Crippen LogP contribution in [0.2, 0.25) is 0 Å². The molecule has 142 heavy (non-hydrogen) atoms. The monoisotopic (exact) mass is 2020 g/mol. The molecule has 0 saturated heterocycles. The highest BCUT2D eigenvalue weighted by molar-refractivity contribution is 5.86.